The van der Waals surface area contributed by atoms with Crippen LogP contribution >= 0.6 is 11.8 Å². The van der Waals surface area contributed by atoms with Crippen molar-refractivity contribution in [1.82, 2.24) is 4.90 Å². The van der Waals surface area contributed by atoms with Gasteiger partial charge in [-0.1, -0.05) is 0 Å². The summed E-state index contributed by atoms with van der Waals surface area (Å²) in [5.74, 6) is -2.06. The number of carboxylic acids is 1. The Morgan fingerprint density at radius 1 is 1.50 bits per heavy atom. The largest absolute Gasteiger partial charge is 1.00 e. The quantitative estimate of drug-likeness (QED) is 0.415. The van der Waals surface area contributed by atoms with E-state index in [1.807, 2.05) is 0 Å². The van der Waals surface area contributed by atoms with Gasteiger partial charge in [-0.3, -0.25) is 4.79 Å². The van der Waals surface area contributed by atoms with Crippen LogP contribution in [0.4, 0.5) is 0 Å². The number of hydrogen-bond acceptors (Lipinski definition) is 5. The van der Waals surface area contributed by atoms with E-state index >= 15 is 0 Å². The number of carbonyl (C=O) groups excluding carboxylic acids is 2. The third-order valence-corrected chi connectivity index (χ3v) is 5.00. The molecule has 18 heavy (non-hydrogen) atoms. The maximum atomic E-state index is 12.0. The molecule has 0 radical (unpaired) electrons. The average molecular weight is 281 g/mol. The molecule has 0 aromatic carbocycles. The van der Waals surface area contributed by atoms with Crippen LogP contribution in [0.25, 0.3) is 0 Å². The first-order valence-corrected chi connectivity index (χ1v) is 6.38. The zero-order chi connectivity index (χ0) is 13.2. The Balaban J connectivity index is 0.00000162. The summed E-state index contributed by atoms with van der Waals surface area (Å²) in [6.45, 7) is 6.72. The van der Waals surface area contributed by atoms with E-state index in [1.54, 1.807) is 27.7 Å². The minimum atomic E-state index is -1.23. The molecule has 0 spiro atoms. The number of nitrogens with zero attached hydrogens (tertiary/aromatic N) is 1. The first-order valence-electron chi connectivity index (χ1n) is 5.50. The van der Waals surface area contributed by atoms with Crippen LogP contribution in [-0.2, 0) is 9.59 Å². The van der Waals surface area contributed by atoms with Crippen LogP contribution in [0, 0.1) is 5.92 Å². The van der Waals surface area contributed by atoms with Crippen molar-refractivity contribution in [3.63, 3.8) is 0 Å². The molecular formula is C11H16NNaO4S. The van der Waals surface area contributed by atoms with Gasteiger partial charge < -0.3 is 19.9 Å². The number of β-lactam (4-membered cyclic amide) rings is 1. The standard InChI is InChI=1S/C11H17NO4S.Na/c1-10(2,16)5-7(13)12-6(9(14)15)11(3,4)17-8(5)12;/h5-6,8,16H,1-4H3,(H,14,15);/q;+1/p-1/t5-,6-,8+;/m0./s1. The molecular weight excluding hydrogens is 265 g/mol. The topological polar surface area (TPSA) is 80.7 Å². The molecule has 0 bridgehead atoms. The van der Waals surface area contributed by atoms with E-state index in [0.29, 0.717) is 0 Å². The third-order valence-electron chi connectivity index (χ3n) is 3.43. The van der Waals surface area contributed by atoms with Crippen molar-refractivity contribution < 1.29 is 49.4 Å². The maximum absolute atomic E-state index is 12.0. The van der Waals surface area contributed by atoms with Gasteiger partial charge in [-0.05, 0) is 27.7 Å². The van der Waals surface area contributed by atoms with Gasteiger partial charge in [-0.25, -0.2) is 0 Å². The molecule has 0 aromatic rings. The molecule has 0 aliphatic carbocycles. The van der Waals surface area contributed by atoms with Crippen LogP contribution < -0.4 is 34.7 Å². The van der Waals surface area contributed by atoms with Gasteiger partial charge in [0.05, 0.1) is 28.9 Å². The Hall–Kier alpha value is 0.250. The predicted octanol–water partition coefficient (Wildman–Crippen LogP) is -3.81. The Kier molecular flexibility index (Phi) is 4.23. The zero-order valence-electron chi connectivity index (χ0n) is 11.3. The van der Waals surface area contributed by atoms with Crippen molar-refractivity contribution in [1.29, 1.82) is 0 Å². The van der Waals surface area contributed by atoms with Crippen molar-refractivity contribution in [3.05, 3.63) is 0 Å². The van der Waals surface area contributed by atoms with Gasteiger partial charge in [0.2, 0.25) is 5.91 Å². The zero-order valence-corrected chi connectivity index (χ0v) is 14.1. The van der Waals surface area contributed by atoms with Crippen molar-refractivity contribution in [2.45, 2.75) is 49.5 Å². The molecule has 2 rings (SSSR count). The molecule has 3 atom stereocenters. The number of aliphatic carboxylic acids is 1. The number of hydrogen-bond donors (Lipinski definition) is 1. The summed E-state index contributed by atoms with van der Waals surface area (Å²) in [5.41, 5.74) is -1.12. The summed E-state index contributed by atoms with van der Waals surface area (Å²) in [4.78, 5) is 24.4. The fourth-order valence-corrected chi connectivity index (χ4v) is 4.53. The second-order valence-corrected chi connectivity index (χ2v) is 7.48. The van der Waals surface area contributed by atoms with E-state index in [0.717, 1.165) is 0 Å². The van der Waals surface area contributed by atoms with E-state index in [2.05, 4.69) is 0 Å². The summed E-state index contributed by atoms with van der Waals surface area (Å²) in [6, 6.07) is -0.913. The fourth-order valence-electron chi connectivity index (χ4n) is 2.64. The molecule has 5 nitrogen and oxygen atoms in total. The summed E-state index contributed by atoms with van der Waals surface area (Å²) < 4.78 is -0.584. The van der Waals surface area contributed by atoms with Crippen LogP contribution in [0.5, 0.6) is 0 Å². The smallest absolute Gasteiger partial charge is 0.548 e. The van der Waals surface area contributed by atoms with Crippen molar-refractivity contribution in [2.24, 2.45) is 5.92 Å². The minimum Gasteiger partial charge on any atom is -0.548 e. The summed E-state index contributed by atoms with van der Waals surface area (Å²) in [7, 11) is 0. The second kappa shape index (κ2) is 4.66. The van der Waals surface area contributed by atoms with Crippen LogP contribution in [0.2, 0.25) is 0 Å². The van der Waals surface area contributed by atoms with Gasteiger partial charge in [0.25, 0.3) is 0 Å². The molecule has 0 aromatic heterocycles. The van der Waals surface area contributed by atoms with Gasteiger partial charge in [0.1, 0.15) is 0 Å². The maximum Gasteiger partial charge on any atom is 1.00 e. The molecule has 0 saturated carbocycles. The van der Waals surface area contributed by atoms with Gasteiger partial charge in [-0.2, -0.15) is 0 Å². The monoisotopic (exact) mass is 281 g/mol. The molecule has 1 amide bonds. The van der Waals surface area contributed by atoms with Crippen LogP contribution in [0.3, 0.4) is 0 Å². The summed E-state index contributed by atoms with van der Waals surface area (Å²) >= 11 is 1.42. The number of amides is 1. The van der Waals surface area contributed by atoms with Gasteiger partial charge in [-0.15, -0.1) is 11.8 Å². The summed E-state index contributed by atoms with van der Waals surface area (Å²) in [5, 5.41) is 20.8. The first kappa shape index (κ1) is 16.3. The number of rotatable bonds is 2. The number of thioether (sulfide) groups is 1. The Morgan fingerprint density at radius 2 is 2.00 bits per heavy atom. The molecule has 2 aliphatic rings. The first-order chi connectivity index (χ1) is 7.57. The number of fused-ring (bicyclic) bond motifs is 1. The number of carboxylic acid groups (broad SMARTS) is 1. The average Bonchev–Trinajstić information content (AvgIpc) is 2.31. The van der Waals surface area contributed by atoms with Crippen LogP contribution in [0.1, 0.15) is 27.7 Å². The Bertz CT molecular complexity index is 393. The number of carbonyl (C=O) groups is 2. The molecule has 1 N–H and O–H groups in total. The second-order valence-electron chi connectivity index (χ2n) is 5.71. The Morgan fingerprint density at radius 3 is 2.39 bits per heavy atom. The van der Waals surface area contributed by atoms with Crippen LogP contribution in [-0.4, -0.2) is 43.6 Å². The SMILES string of the molecule is CC(C)(O)[C@H]1C(=O)N2[C@@H]1SC(C)(C)[C@@H]2C(=O)[O-].[Na+]. The van der Waals surface area contributed by atoms with Gasteiger partial charge in [0, 0.05) is 4.75 Å². The molecule has 0 unspecified atom stereocenters. The normalized spacial score (nSPS) is 33.5. The fraction of sp³-hybridized carbons (Fsp3) is 0.818. The summed E-state index contributed by atoms with van der Waals surface area (Å²) in [6.07, 6.45) is 0. The third kappa shape index (κ3) is 2.22. The van der Waals surface area contributed by atoms with E-state index in [1.165, 1.54) is 16.7 Å². The molecule has 2 heterocycles. The minimum absolute atomic E-state index is 0. The van der Waals surface area contributed by atoms with E-state index < -0.39 is 28.3 Å². The van der Waals surface area contributed by atoms with Gasteiger partial charge >= 0.3 is 29.6 Å². The molecule has 2 aliphatic heterocycles. The Labute approximate surface area is 133 Å². The van der Waals surface area contributed by atoms with E-state index in [-0.39, 0.29) is 40.8 Å². The molecule has 96 valence electrons. The van der Waals surface area contributed by atoms with Crippen molar-refractivity contribution in [2.75, 3.05) is 0 Å². The van der Waals surface area contributed by atoms with Crippen molar-refractivity contribution >= 4 is 23.6 Å². The van der Waals surface area contributed by atoms with E-state index in [9.17, 15) is 19.8 Å². The number of aliphatic hydroxyl groups is 1. The van der Waals surface area contributed by atoms with Crippen molar-refractivity contribution in [3.8, 4) is 0 Å². The van der Waals surface area contributed by atoms with Crippen LogP contribution in [0.15, 0.2) is 0 Å². The molecule has 2 saturated heterocycles. The molecule has 2 fully saturated rings. The van der Waals surface area contributed by atoms with Gasteiger partial charge in [0.15, 0.2) is 0 Å². The molecule has 7 heteroatoms. The van der Waals surface area contributed by atoms with E-state index in [4.69, 9.17) is 0 Å². The predicted molar refractivity (Wildman–Crippen MR) is 60.9 cm³/mol.